The molecule has 3 aromatic rings. The number of hydrogen-bond donors (Lipinski definition) is 0. The zero-order valence-electron chi connectivity index (χ0n) is 11.1. The van der Waals surface area contributed by atoms with Gasteiger partial charge in [-0.15, -0.1) is 22.7 Å². The average molecular weight is 301 g/mol. The number of anilines is 1. The molecule has 0 N–H and O–H groups in total. The predicted molar refractivity (Wildman–Crippen MR) is 86.8 cm³/mol. The van der Waals surface area contributed by atoms with Crippen molar-refractivity contribution in [2.24, 2.45) is 0 Å². The molecular weight excluding hydrogens is 286 g/mol. The summed E-state index contributed by atoms with van der Waals surface area (Å²) in [6.45, 7) is 2.23. The third-order valence-corrected chi connectivity index (χ3v) is 5.58. The highest BCUT2D eigenvalue weighted by Gasteiger charge is 2.19. The normalized spacial score (nSPS) is 15.9. The van der Waals surface area contributed by atoms with Gasteiger partial charge in [-0.05, 0) is 30.7 Å². The van der Waals surface area contributed by atoms with Crippen LogP contribution in [-0.4, -0.2) is 23.1 Å². The fraction of sp³-hybridized carbons (Fsp3) is 0.333. The van der Waals surface area contributed by atoms with Crippen molar-refractivity contribution in [1.29, 1.82) is 0 Å². The largest absolute Gasteiger partial charge is 0.356 e. The Hall–Kier alpha value is -1.46. The van der Waals surface area contributed by atoms with Crippen LogP contribution < -0.4 is 4.90 Å². The Kier molecular flexibility index (Phi) is 3.16. The van der Waals surface area contributed by atoms with Crippen molar-refractivity contribution in [1.82, 2.24) is 9.97 Å². The zero-order chi connectivity index (χ0) is 13.4. The van der Waals surface area contributed by atoms with Gasteiger partial charge in [-0.1, -0.05) is 6.07 Å². The third kappa shape index (κ3) is 2.01. The van der Waals surface area contributed by atoms with Crippen molar-refractivity contribution in [2.75, 3.05) is 18.0 Å². The highest BCUT2D eigenvalue weighted by molar-refractivity contribution is 7.18. The molecule has 0 aromatic carbocycles. The number of hydrogen-bond acceptors (Lipinski definition) is 5. The first kappa shape index (κ1) is 12.3. The Morgan fingerprint density at radius 3 is 2.75 bits per heavy atom. The predicted octanol–water partition coefficient (Wildman–Crippen LogP) is 4.41. The van der Waals surface area contributed by atoms with E-state index in [-0.39, 0.29) is 0 Å². The van der Waals surface area contributed by atoms with Crippen molar-refractivity contribution in [2.45, 2.75) is 19.3 Å². The number of fused-ring (bicyclic) bond motifs is 1. The fourth-order valence-corrected chi connectivity index (χ4v) is 4.54. The van der Waals surface area contributed by atoms with E-state index in [0.717, 1.165) is 23.7 Å². The molecule has 0 amide bonds. The third-order valence-electron chi connectivity index (χ3n) is 3.79. The number of nitrogens with zero attached hydrogens (tertiary/aromatic N) is 3. The van der Waals surface area contributed by atoms with E-state index < -0.39 is 0 Å². The Labute approximate surface area is 125 Å². The molecule has 1 saturated heterocycles. The summed E-state index contributed by atoms with van der Waals surface area (Å²) in [6.07, 6.45) is 5.58. The minimum absolute atomic E-state index is 1.10. The van der Waals surface area contributed by atoms with Crippen LogP contribution in [0.4, 0.5) is 5.82 Å². The summed E-state index contributed by atoms with van der Waals surface area (Å²) in [5.74, 6) is 1.12. The van der Waals surface area contributed by atoms with Gasteiger partial charge < -0.3 is 4.90 Å². The van der Waals surface area contributed by atoms with Gasteiger partial charge in [0.05, 0.1) is 5.39 Å². The molecule has 1 aliphatic rings. The van der Waals surface area contributed by atoms with Crippen molar-refractivity contribution >= 4 is 38.7 Å². The molecule has 102 valence electrons. The van der Waals surface area contributed by atoms with E-state index in [0.29, 0.717) is 0 Å². The summed E-state index contributed by atoms with van der Waals surface area (Å²) >= 11 is 3.50. The van der Waals surface area contributed by atoms with Crippen molar-refractivity contribution in [3.05, 3.63) is 29.2 Å². The van der Waals surface area contributed by atoms with Gasteiger partial charge in [0.1, 0.15) is 17.0 Å². The van der Waals surface area contributed by atoms with Gasteiger partial charge in [0.2, 0.25) is 0 Å². The molecule has 0 saturated carbocycles. The number of aromatic nitrogens is 2. The summed E-state index contributed by atoms with van der Waals surface area (Å²) in [6, 6.07) is 4.28. The van der Waals surface area contributed by atoms with Crippen LogP contribution in [0, 0.1) is 0 Å². The Morgan fingerprint density at radius 1 is 1.05 bits per heavy atom. The zero-order valence-corrected chi connectivity index (χ0v) is 12.7. The van der Waals surface area contributed by atoms with Crippen molar-refractivity contribution < 1.29 is 0 Å². The van der Waals surface area contributed by atoms with Crippen LogP contribution in [0.2, 0.25) is 0 Å². The van der Waals surface area contributed by atoms with E-state index in [1.807, 2.05) is 0 Å². The minimum Gasteiger partial charge on any atom is -0.356 e. The van der Waals surface area contributed by atoms with Gasteiger partial charge in [0.25, 0.3) is 0 Å². The van der Waals surface area contributed by atoms with Crippen molar-refractivity contribution in [3.63, 3.8) is 0 Å². The molecule has 4 rings (SSSR count). The SMILES string of the molecule is c1csc(-c2csc3ncnc(N4CCCCC4)c23)c1. The Bertz CT molecular complexity index is 712. The van der Waals surface area contributed by atoms with Crippen LogP contribution in [0.5, 0.6) is 0 Å². The fourth-order valence-electron chi connectivity index (χ4n) is 2.82. The second-order valence-electron chi connectivity index (χ2n) is 5.05. The first-order valence-electron chi connectivity index (χ1n) is 6.94. The maximum absolute atomic E-state index is 4.60. The van der Waals surface area contributed by atoms with E-state index in [9.17, 15) is 0 Å². The topological polar surface area (TPSA) is 29.0 Å². The number of piperidine rings is 1. The molecule has 0 spiro atoms. The van der Waals surface area contributed by atoms with Crippen LogP contribution in [-0.2, 0) is 0 Å². The monoisotopic (exact) mass is 301 g/mol. The smallest absolute Gasteiger partial charge is 0.141 e. The summed E-state index contributed by atoms with van der Waals surface area (Å²) < 4.78 is 0. The van der Waals surface area contributed by atoms with E-state index in [1.165, 1.54) is 35.1 Å². The number of rotatable bonds is 2. The van der Waals surface area contributed by atoms with Crippen LogP contribution in [0.25, 0.3) is 20.7 Å². The van der Waals surface area contributed by atoms with Gasteiger partial charge in [-0.3, -0.25) is 0 Å². The van der Waals surface area contributed by atoms with Crippen molar-refractivity contribution in [3.8, 4) is 10.4 Å². The molecule has 0 radical (unpaired) electrons. The highest BCUT2D eigenvalue weighted by atomic mass is 32.1. The maximum Gasteiger partial charge on any atom is 0.141 e. The summed E-state index contributed by atoms with van der Waals surface area (Å²) in [4.78, 5) is 13.9. The second-order valence-corrected chi connectivity index (χ2v) is 6.86. The quantitative estimate of drug-likeness (QED) is 0.702. The summed E-state index contributed by atoms with van der Waals surface area (Å²) in [5, 5.41) is 5.59. The Balaban J connectivity index is 1.89. The standard InChI is InChI=1S/C15H15N3S2/c1-2-6-18(7-3-1)14-13-11(12-5-4-8-19-12)9-20-15(13)17-10-16-14/h4-5,8-10H,1-3,6-7H2. The first-order valence-corrected chi connectivity index (χ1v) is 8.70. The first-order chi connectivity index (χ1) is 9.93. The van der Waals surface area contributed by atoms with Gasteiger partial charge in [-0.2, -0.15) is 0 Å². The molecule has 0 unspecified atom stereocenters. The summed E-state index contributed by atoms with van der Waals surface area (Å²) in [7, 11) is 0. The molecule has 0 atom stereocenters. The molecule has 4 heterocycles. The van der Waals surface area contributed by atoms with Crippen LogP contribution in [0.3, 0.4) is 0 Å². The second kappa shape index (κ2) is 5.14. The molecule has 3 aromatic heterocycles. The number of thiophene rings is 2. The van der Waals surface area contributed by atoms with E-state index in [4.69, 9.17) is 0 Å². The van der Waals surface area contributed by atoms with Gasteiger partial charge in [0, 0.05) is 28.9 Å². The highest BCUT2D eigenvalue weighted by Crippen LogP contribution is 2.39. The van der Waals surface area contributed by atoms with E-state index in [2.05, 4.69) is 37.8 Å². The summed E-state index contributed by atoms with van der Waals surface area (Å²) in [5.41, 5.74) is 1.29. The molecule has 1 aliphatic heterocycles. The maximum atomic E-state index is 4.60. The lowest BCUT2D eigenvalue weighted by atomic mass is 10.1. The lowest BCUT2D eigenvalue weighted by Gasteiger charge is -2.28. The lowest BCUT2D eigenvalue weighted by Crippen LogP contribution is -2.30. The molecule has 0 bridgehead atoms. The molecule has 1 fully saturated rings. The lowest BCUT2D eigenvalue weighted by molar-refractivity contribution is 0.574. The average Bonchev–Trinajstić information content (AvgIpc) is 3.16. The molecule has 20 heavy (non-hydrogen) atoms. The minimum atomic E-state index is 1.10. The molecule has 0 aliphatic carbocycles. The van der Waals surface area contributed by atoms with Gasteiger partial charge in [0.15, 0.2) is 0 Å². The van der Waals surface area contributed by atoms with Gasteiger partial charge in [-0.25, -0.2) is 9.97 Å². The van der Waals surface area contributed by atoms with E-state index >= 15 is 0 Å². The van der Waals surface area contributed by atoms with Crippen LogP contribution >= 0.6 is 22.7 Å². The molecule has 5 heteroatoms. The van der Waals surface area contributed by atoms with Crippen LogP contribution in [0.1, 0.15) is 19.3 Å². The Morgan fingerprint density at radius 2 is 1.95 bits per heavy atom. The molecular formula is C15H15N3S2. The van der Waals surface area contributed by atoms with Gasteiger partial charge >= 0.3 is 0 Å². The van der Waals surface area contributed by atoms with E-state index in [1.54, 1.807) is 29.0 Å². The molecule has 3 nitrogen and oxygen atoms in total. The van der Waals surface area contributed by atoms with Crippen LogP contribution in [0.15, 0.2) is 29.2 Å².